The Morgan fingerprint density at radius 2 is 1.52 bits per heavy atom. The molecule has 3 rings (SSSR count). The molecule has 1 heterocycles. The highest BCUT2D eigenvalue weighted by Crippen LogP contribution is 2.48. The largest absolute Gasteiger partial charge is 0.493 e. The van der Waals surface area contributed by atoms with Gasteiger partial charge in [0.15, 0.2) is 29.1 Å². The molecule has 0 aromatic heterocycles. The van der Waals surface area contributed by atoms with Crippen LogP contribution in [0.3, 0.4) is 0 Å². The summed E-state index contributed by atoms with van der Waals surface area (Å²) in [6.45, 7) is 1.91. The summed E-state index contributed by atoms with van der Waals surface area (Å²) in [5.74, 6) is 3.14. The summed E-state index contributed by atoms with van der Waals surface area (Å²) in [7, 11) is 6.24. The van der Waals surface area contributed by atoms with E-state index in [4.69, 9.17) is 28.4 Å². The lowest BCUT2D eigenvalue weighted by Crippen LogP contribution is -2.31. The molecular weight excluding hydrogens is 376 g/mol. The average Bonchev–Trinajstić information content (AvgIpc) is 2.75. The first kappa shape index (κ1) is 20.4. The number of carbonyl (C=O) groups is 1. The Kier molecular flexibility index (Phi) is 6.16. The van der Waals surface area contributed by atoms with Crippen molar-refractivity contribution in [1.82, 2.24) is 0 Å². The summed E-state index contributed by atoms with van der Waals surface area (Å²) in [6, 6.07) is 7.26. The van der Waals surface area contributed by atoms with E-state index in [0.717, 1.165) is 11.1 Å². The molecule has 29 heavy (non-hydrogen) atoms. The maximum Gasteiger partial charge on any atom is 0.204 e. The summed E-state index contributed by atoms with van der Waals surface area (Å²) in [6.07, 6.45) is 3.06. The van der Waals surface area contributed by atoms with E-state index in [-0.39, 0.29) is 6.10 Å². The highest BCUT2D eigenvalue weighted by Gasteiger charge is 2.33. The van der Waals surface area contributed by atoms with Crippen LogP contribution < -0.4 is 28.4 Å². The van der Waals surface area contributed by atoms with Crippen molar-refractivity contribution in [3.05, 3.63) is 41.5 Å². The van der Waals surface area contributed by atoms with Gasteiger partial charge in [-0.05, 0) is 42.8 Å². The smallest absolute Gasteiger partial charge is 0.204 e. The number of ether oxygens (including phenoxy) is 6. The highest BCUT2D eigenvalue weighted by molar-refractivity contribution is 5.75. The third-order valence-corrected chi connectivity index (χ3v) is 4.63. The van der Waals surface area contributed by atoms with Crippen LogP contribution in [0.4, 0.5) is 0 Å². The van der Waals surface area contributed by atoms with Crippen LogP contribution in [0.15, 0.2) is 30.3 Å². The Morgan fingerprint density at radius 3 is 2.07 bits per heavy atom. The van der Waals surface area contributed by atoms with Gasteiger partial charge in [-0.1, -0.05) is 6.08 Å². The Bertz CT molecular complexity index is 895. The van der Waals surface area contributed by atoms with Crippen LogP contribution in [0.5, 0.6) is 34.5 Å². The van der Waals surface area contributed by atoms with Crippen LogP contribution in [0.1, 0.15) is 24.2 Å². The third-order valence-electron chi connectivity index (χ3n) is 4.63. The molecular formula is C22H24O7. The van der Waals surface area contributed by atoms with Crippen molar-refractivity contribution in [1.29, 1.82) is 0 Å². The van der Waals surface area contributed by atoms with E-state index in [2.05, 4.69) is 0 Å². The predicted octanol–water partition coefficient (Wildman–Crippen LogP) is 3.83. The van der Waals surface area contributed by atoms with Gasteiger partial charge in [0, 0.05) is 5.56 Å². The topological polar surface area (TPSA) is 72.5 Å². The second-order valence-corrected chi connectivity index (χ2v) is 6.37. The number of allylic oxidation sites excluding steroid dienone is 1. The molecule has 2 aromatic rings. The molecule has 2 aromatic carbocycles. The van der Waals surface area contributed by atoms with Crippen molar-refractivity contribution in [2.45, 2.75) is 19.1 Å². The van der Waals surface area contributed by atoms with Gasteiger partial charge >= 0.3 is 0 Å². The van der Waals surface area contributed by atoms with Crippen molar-refractivity contribution in [3.8, 4) is 34.5 Å². The van der Waals surface area contributed by atoms with Crippen LogP contribution in [0, 0.1) is 0 Å². The van der Waals surface area contributed by atoms with E-state index in [1.165, 1.54) is 6.08 Å². The standard InChI is InChI=1S/C22H24O7/c1-13-20(15-11-17(25-3)21(27-5)18(12-15)26-4)29-19-10-14(7-6-8-23)9-16(24-2)22(19)28-13/h6-13,20H,1-5H3/b7-6+/t13-,20+/m1/s1. The third kappa shape index (κ3) is 3.94. The fraction of sp³-hybridized carbons (Fsp3) is 0.318. The van der Waals surface area contributed by atoms with E-state index in [1.54, 1.807) is 46.6 Å². The van der Waals surface area contributed by atoms with Gasteiger partial charge in [0.1, 0.15) is 12.4 Å². The Morgan fingerprint density at radius 1 is 0.862 bits per heavy atom. The molecule has 0 unspecified atom stereocenters. The molecule has 0 amide bonds. The molecule has 0 fully saturated rings. The lowest BCUT2D eigenvalue weighted by atomic mass is 10.0. The number of hydrogen-bond acceptors (Lipinski definition) is 7. The molecule has 0 aliphatic carbocycles. The van der Waals surface area contributed by atoms with Gasteiger partial charge in [0.25, 0.3) is 0 Å². The van der Waals surface area contributed by atoms with E-state index in [9.17, 15) is 4.79 Å². The molecule has 7 nitrogen and oxygen atoms in total. The van der Waals surface area contributed by atoms with E-state index < -0.39 is 6.10 Å². The second kappa shape index (κ2) is 8.77. The zero-order valence-electron chi connectivity index (χ0n) is 17.1. The normalized spacial score (nSPS) is 17.7. The molecule has 0 N–H and O–H groups in total. The minimum atomic E-state index is -0.425. The lowest BCUT2D eigenvalue weighted by Gasteiger charge is -2.33. The van der Waals surface area contributed by atoms with Crippen LogP contribution in [-0.4, -0.2) is 40.8 Å². The number of aldehydes is 1. The fourth-order valence-corrected chi connectivity index (χ4v) is 3.28. The number of benzene rings is 2. The molecule has 0 spiro atoms. The van der Waals surface area contributed by atoms with Crippen LogP contribution in [0.2, 0.25) is 0 Å². The number of carbonyl (C=O) groups excluding carboxylic acids is 1. The summed E-state index contributed by atoms with van der Waals surface area (Å²) in [4.78, 5) is 10.7. The monoisotopic (exact) mass is 400 g/mol. The molecule has 0 radical (unpaired) electrons. The predicted molar refractivity (Wildman–Crippen MR) is 108 cm³/mol. The quantitative estimate of drug-likeness (QED) is 0.517. The van der Waals surface area contributed by atoms with Gasteiger partial charge in [-0.3, -0.25) is 4.79 Å². The molecule has 1 aliphatic heterocycles. The molecule has 0 bridgehead atoms. The first-order chi connectivity index (χ1) is 14.1. The summed E-state index contributed by atoms with van der Waals surface area (Å²) >= 11 is 0. The first-order valence-corrected chi connectivity index (χ1v) is 9.03. The number of hydrogen-bond donors (Lipinski definition) is 0. The highest BCUT2D eigenvalue weighted by atomic mass is 16.6. The molecule has 0 saturated heterocycles. The minimum absolute atomic E-state index is 0.310. The minimum Gasteiger partial charge on any atom is -0.493 e. The fourth-order valence-electron chi connectivity index (χ4n) is 3.28. The summed E-state index contributed by atoms with van der Waals surface area (Å²) in [5.41, 5.74) is 1.57. The van der Waals surface area contributed by atoms with E-state index in [0.29, 0.717) is 40.8 Å². The van der Waals surface area contributed by atoms with Crippen LogP contribution in [0.25, 0.3) is 6.08 Å². The first-order valence-electron chi connectivity index (χ1n) is 9.03. The van der Waals surface area contributed by atoms with Crippen molar-refractivity contribution in [2.24, 2.45) is 0 Å². The van der Waals surface area contributed by atoms with Crippen LogP contribution in [-0.2, 0) is 4.79 Å². The number of methoxy groups -OCH3 is 4. The Labute approximate surface area is 169 Å². The maximum absolute atomic E-state index is 10.7. The number of fused-ring (bicyclic) bond motifs is 1. The Hall–Kier alpha value is -3.35. The molecule has 0 saturated carbocycles. The van der Waals surface area contributed by atoms with Gasteiger partial charge in [-0.2, -0.15) is 0 Å². The van der Waals surface area contributed by atoms with Crippen molar-refractivity contribution >= 4 is 12.4 Å². The van der Waals surface area contributed by atoms with E-state index in [1.807, 2.05) is 19.1 Å². The summed E-state index contributed by atoms with van der Waals surface area (Å²) in [5, 5.41) is 0. The van der Waals surface area contributed by atoms with Crippen molar-refractivity contribution in [3.63, 3.8) is 0 Å². The number of rotatable bonds is 7. The van der Waals surface area contributed by atoms with E-state index >= 15 is 0 Å². The van der Waals surface area contributed by atoms with Gasteiger partial charge in [0.05, 0.1) is 28.4 Å². The Balaban J connectivity index is 2.05. The maximum atomic E-state index is 10.7. The zero-order valence-corrected chi connectivity index (χ0v) is 17.1. The van der Waals surface area contributed by atoms with Crippen molar-refractivity contribution < 1.29 is 33.2 Å². The molecule has 1 aliphatic rings. The molecule has 2 atom stereocenters. The van der Waals surface area contributed by atoms with Gasteiger partial charge in [0.2, 0.25) is 11.5 Å². The SMILES string of the molecule is COc1cc([C@H]2Oc3cc(/C=C/C=O)cc(OC)c3O[C@@H]2C)cc(OC)c1OC. The van der Waals surface area contributed by atoms with Crippen molar-refractivity contribution in [2.75, 3.05) is 28.4 Å². The summed E-state index contributed by atoms with van der Waals surface area (Å²) < 4.78 is 34.2. The molecule has 154 valence electrons. The van der Waals surface area contributed by atoms with Gasteiger partial charge < -0.3 is 28.4 Å². The van der Waals surface area contributed by atoms with Gasteiger partial charge in [-0.15, -0.1) is 0 Å². The zero-order chi connectivity index (χ0) is 21.0. The van der Waals surface area contributed by atoms with Crippen LogP contribution >= 0.6 is 0 Å². The average molecular weight is 400 g/mol. The van der Waals surface area contributed by atoms with Gasteiger partial charge in [-0.25, -0.2) is 0 Å². The second-order valence-electron chi connectivity index (χ2n) is 6.37. The lowest BCUT2D eigenvalue weighted by molar-refractivity contribution is -0.104. The molecule has 7 heteroatoms.